The van der Waals surface area contributed by atoms with Crippen molar-refractivity contribution in [3.63, 3.8) is 0 Å². The van der Waals surface area contributed by atoms with E-state index < -0.39 is 0 Å². The minimum absolute atomic E-state index is 0.163. The fourth-order valence-electron chi connectivity index (χ4n) is 3.36. The van der Waals surface area contributed by atoms with Crippen LogP contribution in [0.1, 0.15) is 59.2 Å². The Morgan fingerprint density at radius 1 is 1.04 bits per heavy atom. The van der Waals surface area contributed by atoms with Crippen molar-refractivity contribution < 1.29 is 14.4 Å². The molecule has 0 spiro atoms. The Morgan fingerprint density at radius 3 is 2.29 bits per heavy atom. The molecule has 0 bridgehead atoms. The quantitative estimate of drug-likeness (QED) is 0.643. The first-order valence-corrected chi connectivity index (χ1v) is 8.66. The van der Waals surface area contributed by atoms with E-state index in [4.69, 9.17) is 0 Å². The van der Waals surface area contributed by atoms with Gasteiger partial charge in [0, 0.05) is 19.1 Å². The second-order valence-corrected chi connectivity index (χ2v) is 6.40. The predicted molar refractivity (Wildman–Crippen MR) is 89.8 cm³/mol. The molecular weight excluding hydrogens is 306 g/mol. The molecule has 24 heavy (non-hydrogen) atoms. The van der Waals surface area contributed by atoms with Gasteiger partial charge in [-0.15, -0.1) is 0 Å². The summed E-state index contributed by atoms with van der Waals surface area (Å²) in [5, 5.41) is 5.79. The molecule has 2 N–H and O–H groups in total. The van der Waals surface area contributed by atoms with Crippen LogP contribution in [0.15, 0.2) is 24.3 Å². The highest BCUT2D eigenvalue weighted by molar-refractivity contribution is 6.21. The molecule has 0 aromatic heterocycles. The van der Waals surface area contributed by atoms with Crippen LogP contribution in [0.2, 0.25) is 0 Å². The first-order valence-electron chi connectivity index (χ1n) is 8.66. The number of nitrogens with zero attached hydrogens (tertiary/aromatic N) is 1. The molecule has 1 aromatic rings. The van der Waals surface area contributed by atoms with Crippen molar-refractivity contribution in [1.29, 1.82) is 0 Å². The van der Waals surface area contributed by atoms with Crippen LogP contribution in [-0.4, -0.2) is 41.9 Å². The average molecular weight is 329 g/mol. The molecule has 128 valence electrons. The van der Waals surface area contributed by atoms with Crippen LogP contribution in [0.3, 0.4) is 0 Å². The van der Waals surface area contributed by atoms with Gasteiger partial charge in [0.2, 0.25) is 0 Å². The summed E-state index contributed by atoms with van der Waals surface area (Å²) in [5.41, 5.74) is 0.927. The zero-order chi connectivity index (χ0) is 16.9. The summed E-state index contributed by atoms with van der Waals surface area (Å²) in [6, 6.07) is 6.96. The van der Waals surface area contributed by atoms with Crippen molar-refractivity contribution >= 4 is 17.8 Å². The van der Waals surface area contributed by atoms with E-state index in [1.165, 1.54) is 24.2 Å². The molecule has 1 aliphatic heterocycles. The smallest absolute Gasteiger partial charge is 0.315 e. The molecular formula is C18H23N3O3. The van der Waals surface area contributed by atoms with Gasteiger partial charge in [-0.2, -0.15) is 0 Å². The Hall–Kier alpha value is -2.37. The summed E-state index contributed by atoms with van der Waals surface area (Å²) in [4.78, 5) is 37.5. The fraction of sp³-hybridized carbons (Fsp3) is 0.500. The molecule has 0 atom stereocenters. The number of hydrogen-bond acceptors (Lipinski definition) is 3. The first-order chi connectivity index (χ1) is 11.7. The molecule has 1 fully saturated rings. The standard InChI is InChI=1S/C18H23N3O3/c22-16-14-9-4-5-10-15(14)17(23)21(16)12-6-11-19-18(24)20-13-7-2-1-3-8-13/h4-5,9-10,13H,1-3,6-8,11-12H2,(H2,19,20,24). The number of hydrogen-bond donors (Lipinski definition) is 2. The number of fused-ring (bicyclic) bond motifs is 1. The third kappa shape index (κ3) is 3.58. The predicted octanol–water partition coefficient (Wildman–Crippen LogP) is 2.30. The molecule has 6 heteroatoms. The van der Waals surface area contributed by atoms with Crippen molar-refractivity contribution in [3.05, 3.63) is 35.4 Å². The molecule has 1 saturated carbocycles. The number of urea groups is 1. The molecule has 2 aliphatic rings. The highest BCUT2D eigenvalue weighted by Crippen LogP contribution is 2.22. The van der Waals surface area contributed by atoms with Crippen LogP contribution < -0.4 is 10.6 Å². The fourth-order valence-corrected chi connectivity index (χ4v) is 3.36. The van der Waals surface area contributed by atoms with Gasteiger partial charge < -0.3 is 10.6 Å². The van der Waals surface area contributed by atoms with Crippen LogP contribution in [0.25, 0.3) is 0 Å². The van der Waals surface area contributed by atoms with Gasteiger partial charge >= 0.3 is 6.03 Å². The van der Waals surface area contributed by atoms with E-state index in [-0.39, 0.29) is 23.9 Å². The molecule has 1 aromatic carbocycles. The second-order valence-electron chi connectivity index (χ2n) is 6.40. The zero-order valence-electron chi connectivity index (χ0n) is 13.7. The number of amides is 4. The van der Waals surface area contributed by atoms with E-state index in [0.29, 0.717) is 30.6 Å². The van der Waals surface area contributed by atoms with Crippen LogP contribution in [0.5, 0.6) is 0 Å². The van der Waals surface area contributed by atoms with Crippen molar-refractivity contribution in [2.75, 3.05) is 13.1 Å². The molecule has 1 aliphatic carbocycles. The van der Waals surface area contributed by atoms with Crippen LogP contribution in [0, 0.1) is 0 Å². The van der Waals surface area contributed by atoms with Gasteiger partial charge in [0.05, 0.1) is 11.1 Å². The Kier molecular flexibility index (Phi) is 5.13. The summed E-state index contributed by atoms with van der Waals surface area (Å²) < 4.78 is 0. The van der Waals surface area contributed by atoms with E-state index in [9.17, 15) is 14.4 Å². The lowest BCUT2D eigenvalue weighted by Gasteiger charge is -2.23. The van der Waals surface area contributed by atoms with E-state index in [2.05, 4.69) is 10.6 Å². The summed E-state index contributed by atoms with van der Waals surface area (Å²) >= 11 is 0. The summed E-state index contributed by atoms with van der Waals surface area (Å²) in [6.45, 7) is 0.752. The van der Waals surface area contributed by atoms with Gasteiger partial charge in [0.15, 0.2) is 0 Å². The average Bonchev–Trinajstić information content (AvgIpc) is 2.84. The molecule has 6 nitrogen and oxygen atoms in total. The SMILES string of the molecule is O=C(NCCCN1C(=O)c2ccccc2C1=O)NC1CCCCC1. The van der Waals surface area contributed by atoms with Crippen molar-refractivity contribution in [1.82, 2.24) is 15.5 Å². The minimum Gasteiger partial charge on any atom is -0.338 e. The topological polar surface area (TPSA) is 78.5 Å². The minimum atomic E-state index is -0.248. The number of carbonyl (C=O) groups excluding carboxylic acids is 3. The van der Waals surface area contributed by atoms with Gasteiger partial charge in [-0.3, -0.25) is 14.5 Å². The van der Waals surface area contributed by atoms with E-state index >= 15 is 0 Å². The Labute approximate surface area is 141 Å². The maximum Gasteiger partial charge on any atom is 0.315 e. The van der Waals surface area contributed by atoms with Gasteiger partial charge in [-0.05, 0) is 31.4 Å². The highest BCUT2D eigenvalue weighted by atomic mass is 16.2. The summed E-state index contributed by atoms with van der Waals surface area (Å²) in [6.07, 6.45) is 6.23. The molecule has 0 radical (unpaired) electrons. The van der Waals surface area contributed by atoms with Crippen molar-refractivity contribution in [3.8, 4) is 0 Å². The lowest BCUT2D eigenvalue weighted by molar-refractivity contribution is 0.0653. The number of benzene rings is 1. The normalized spacial score (nSPS) is 17.8. The highest BCUT2D eigenvalue weighted by Gasteiger charge is 2.34. The Bertz CT molecular complexity index is 603. The van der Waals surface area contributed by atoms with E-state index in [0.717, 1.165) is 12.8 Å². The number of rotatable bonds is 5. The molecule has 0 unspecified atom stereocenters. The molecule has 3 rings (SSSR count). The Morgan fingerprint density at radius 2 is 1.67 bits per heavy atom. The monoisotopic (exact) mass is 329 g/mol. The second kappa shape index (κ2) is 7.47. The van der Waals surface area contributed by atoms with E-state index in [1.54, 1.807) is 24.3 Å². The van der Waals surface area contributed by atoms with Crippen molar-refractivity contribution in [2.24, 2.45) is 0 Å². The number of carbonyl (C=O) groups is 3. The lowest BCUT2D eigenvalue weighted by Crippen LogP contribution is -2.43. The summed E-state index contributed by atoms with van der Waals surface area (Å²) in [5.74, 6) is -0.496. The maximum atomic E-state index is 12.2. The number of nitrogens with one attached hydrogen (secondary N) is 2. The number of imide groups is 1. The van der Waals surface area contributed by atoms with Gasteiger partial charge in [0.1, 0.15) is 0 Å². The van der Waals surface area contributed by atoms with Gasteiger partial charge in [0.25, 0.3) is 11.8 Å². The third-order valence-electron chi connectivity index (χ3n) is 4.66. The van der Waals surface area contributed by atoms with Gasteiger partial charge in [-0.1, -0.05) is 31.4 Å². The van der Waals surface area contributed by atoms with Crippen molar-refractivity contribution in [2.45, 2.75) is 44.6 Å². The van der Waals surface area contributed by atoms with E-state index in [1.807, 2.05) is 0 Å². The molecule has 1 heterocycles. The lowest BCUT2D eigenvalue weighted by atomic mass is 9.96. The van der Waals surface area contributed by atoms with Crippen LogP contribution in [-0.2, 0) is 0 Å². The molecule has 4 amide bonds. The maximum absolute atomic E-state index is 12.2. The largest absolute Gasteiger partial charge is 0.338 e. The van der Waals surface area contributed by atoms with Gasteiger partial charge in [-0.25, -0.2) is 4.79 Å². The first kappa shape index (κ1) is 16.5. The van der Waals surface area contributed by atoms with Crippen LogP contribution in [0.4, 0.5) is 4.79 Å². The third-order valence-corrected chi connectivity index (χ3v) is 4.66. The summed E-state index contributed by atoms with van der Waals surface area (Å²) in [7, 11) is 0. The Balaban J connectivity index is 1.40. The zero-order valence-corrected chi connectivity index (χ0v) is 13.7. The van der Waals surface area contributed by atoms with Crippen LogP contribution >= 0.6 is 0 Å². The molecule has 0 saturated heterocycles.